The molecule has 1 amide bonds. The average molecular weight is 435 g/mol. The molecule has 3 aromatic rings. The minimum atomic E-state index is 0.0143. The number of amides is 1. The van der Waals surface area contributed by atoms with E-state index < -0.39 is 0 Å². The predicted molar refractivity (Wildman–Crippen MR) is 122 cm³/mol. The first kappa shape index (κ1) is 20.1. The molecule has 0 unspecified atom stereocenters. The normalized spacial score (nSPS) is 18.7. The SMILES string of the molecule is O=C(CN[C@H](c1ccccc1)c1cccs1)N1CCC[C@H]1c1ccc2c(c1)OCCO2. The highest BCUT2D eigenvalue weighted by Crippen LogP contribution is 2.38. The molecule has 2 aliphatic rings. The van der Waals surface area contributed by atoms with Gasteiger partial charge in [-0.25, -0.2) is 0 Å². The quantitative estimate of drug-likeness (QED) is 0.618. The van der Waals surface area contributed by atoms with Crippen LogP contribution < -0.4 is 14.8 Å². The van der Waals surface area contributed by atoms with Crippen LogP contribution in [-0.2, 0) is 4.79 Å². The van der Waals surface area contributed by atoms with Gasteiger partial charge in [-0.2, -0.15) is 0 Å². The zero-order valence-corrected chi connectivity index (χ0v) is 18.1. The fourth-order valence-corrected chi connectivity index (χ4v) is 5.28. The number of benzene rings is 2. The highest BCUT2D eigenvalue weighted by Gasteiger charge is 2.31. The maximum absolute atomic E-state index is 13.2. The molecule has 5 rings (SSSR count). The van der Waals surface area contributed by atoms with Crippen molar-refractivity contribution < 1.29 is 14.3 Å². The number of thiophene rings is 1. The summed E-state index contributed by atoms with van der Waals surface area (Å²) in [5, 5.41) is 5.59. The molecule has 0 spiro atoms. The van der Waals surface area contributed by atoms with Crippen molar-refractivity contribution >= 4 is 17.2 Å². The fourth-order valence-electron chi connectivity index (χ4n) is 4.45. The number of likely N-dealkylation sites (tertiary alicyclic amines) is 1. The first-order valence-corrected chi connectivity index (χ1v) is 11.7. The highest BCUT2D eigenvalue weighted by atomic mass is 32.1. The fraction of sp³-hybridized carbons (Fsp3) is 0.320. The van der Waals surface area contributed by atoms with Gasteiger partial charge in [-0.1, -0.05) is 42.5 Å². The summed E-state index contributed by atoms with van der Waals surface area (Å²) in [5.41, 5.74) is 2.29. The van der Waals surface area contributed by atoms with Gasteiger partial charge in [0.2, 0.25) is 5.91 Å². The predicted octanol–water partition coefficient (Wildman–Crippen LogP) is 4.56. The van der Waals surface area contributed by atoms with Crippen LogP contribution in [0.1, 0.15) is 40.9 Å². The van der Waals surface area contributed by atoms with Crippen LogP contribution in [0.25, 0.3) is 0 Å². The van der Waals surface area contributed by atoms with Crippen molar-refractivity contribution in [2.75, 3.05) is 26.3 Å². The van der Waals surface area contributed by atoms with Gasteiger partial charge in [-0.05, 0) is 47.5 Å². The van der Waals surface area contributed by atoms with Gasteiger partial charge in [-0.3, -0.25) is 10.1 Å². The Morgan fingerprint density at radius 3 is 2.71 bits per heavy atom. The molecule has 31 heavy (non-hydrogen) atoms. The van der Waals surface area contributed by atoms with E-state index >= 15 is 0 Å². The summed E-state index contributed by atoms with van der Waals surface area (Å²) in [6.07, 6.45) is 1.98. The number of rotatable bonds is 6. The number of carbonyl (C=O) groups is 1. The van der Waals surface area contributed by atoms with Crippen molar-refractivity contribution in [2.24, 2.45) is 0 Å². The maximum Gasteiger partial charge on any atom is 0.237 e. The molecule has 2 aliphatic heterocycles. The number of nitrogens with zero attached hydrogens (tertiary/aromatic N) is 1. The van der Waals surface area contributed by atoms with Crippen LogP contribution in [0, 0.1) is 0 Å². The van der Waals surface area contributed by atoms with E-state index in [0.29, 0.717) is 19.8 Å². The van der Waals surface area contributed by atoms with Gasteiger partial charge in [0.25, 0.3) is 0 Å². The standard InChI is InChI=1S/C25H26N2O3S/c28-24(17-26-25(23-9-5-15-31-23)18-6-2-1-3-7-18)27-12-4-8-20(27)19-10-11-21-22(16-19)30-14-13-29-21/h1-3,5-7,9-11,15-16,20,25-26H,4,8,12-14,17H2/t20-,25+/m0/s1. The van der Waals surface area contributed by atoms with Crippen molar-refractivity contribution in [1.29, 1.82) is 0 Å². The smallest absolute Gasteiger partial charge is 0.237 e. The topological polar surface area (TPSA) is 50.8 Å². The van der Waals surface area contributed by atoms with Gasteiger partial charge < -0.3 is 14.4 Å². The number of ether oxygens (including phenoxy) is 2. The molecule has 1 N–H and O–H groups in total. The lowest BCUT2D eigenvalue weighted by molar-refractivity contribution is -0.131. The summed E-state index contributed by atoms with van der Waals surface area (Å²) < 4.78 is 11.4. The Bertz CT molecular complexity index is 1020. The Hall–Kier alpha value is -2.83. The Morgan fingerprint density at radius 1 is 1.06 bits per heavy atom. The van der Waals surface area contributed by atoms with E-state index in [0.717, 1.165) is 36.4 Å². The van der Waals surface area contributed by atoms with Crippen molar-refractivity contribution in [3.63, 3.8) is 0 Å². The summed E-state index contributed by atoms with van der Waals surface area (Å²) in [6, 6.07) is 20.6. The summed E-state index contributed by atoms with van der Waals surface area (Å²) in [6.45, 7) is 2.24. The third-order valence-corrected chi connectivity index (χ3v) is 6.88. The lowest BCUT2D eigenvalue weighted by Crippen LogP contribution is -2.39. The van der Waals surface area contributed by atoms with Crippen LogP contribution in [-0.4, -0.2) is 37.1 Å². The number of nitrogens with one attached hydrogen (secondary N) is 1. The molecule has 0 aliphatic carbocycles. The van der Waals surface area contributed by atoms with E-state index in [4.69, 9.17) is 9.47 Å². The van der Waals surface area contributed by atoms with E-state index in [2.05, 4.69) is 41.0 Å². The summed E-state index contributed by atoms with van der Waals surface area (Å²) >= 11 is 1.71. The molecule has 0 radical (unpaired) electrons. The molecule has 2 atom stereocenters. The van der Waals surface area contributed by atoms with E-state index in [1.54, 1.807) is 11.3 Å². The number of fused-ring (bicyclic) bond motifs is 1. The number of hydrogen-bond acceptors (Lipinski definition) is 5. The zero-order valence-electron chi connectivity index (χ0n) is 17.3. The van der Waals surface area contributed by atoms with Crippen LogP contribution in [0.3, 0.4) is 0 Å². The second-order valence-corrected chi connectivity index (χ2v) is 8.87. The minimum Gasteiger partial charge on any atom is -0.486 e. The van der Waals surface area contributed by atoms with E-state index in [-0.39, 0.29) is 18.0 Å². The van der Waals surface area contributed by atoms with Crippen LogP contribution in [0.15, 0.2) is 66.0 Å². The summed E-state index contributed by atoms with van der Waals surface area (Å²) in [4.78, 5) is 16.5. The molecule has 0 bridgehead atoms. The molecular formula is C25H26N2O3S. The van der Waals surface area contributed by atoms with E-state index in [9.17, 15) is 4.79 Å². The molecule has 2 aromatic carbocycles. The van der Waals surface area contributed by atoms with Crippen LogP contribution in [0.4, 0.5) is 0 Å². The van der Waals surface area contributed by atoms with Gasteiger partial charge in [0.05, 0.1) is 18.6 Å². The Morgan fingerprint density at radius 2 is 1.90 bits per heavy atom. The molecule has 1 saturated heterocycles. The third-order valence-electron chi connectivity index (χ3n) is 5.94. The Labute approximate surface area is 186 Å². The minimum absolute atomic E-state index is 0.0143. The Kier molecular flexibility index (Phi) is 5.91. The molecule has 6 heteroatoms. The first-order valence-electron chi connectivity index (χ1n) is 10.8. The number of hydrogen-bond donors (Lipinski definition) is 1. The van der Waals surface area contributed by atoms with Crippen molar-refractivity contribution in [2.45, 2.75) is 24.9 Å². The summed E-state index contributed by atoms with van der Waals surface area (Å²) in [5.74, 6) is 1.70. The molecule has 1 fully saturated rings. The monoisotopic (exact) mass is 434 g/mol. The van der Waals surface area contributed by atoms with Gasteiger partial charge in [0.15, 0.2) is 11.5 Å². The largest absolute Gasteiger partial charge is 0.486 e. The first-order chi connectivity index (χ1) is 15.3. The van der Waals surface area contributed by atoms with Gasteiger partial charge in [0, 0.05) is 11.4 Å². The lowest BCUT2D eigenvalue weighted by atomic mass is 10.0. The summed E-state index contributed by atoms with van der Waals surface area (Å²) in [7, 11) is 0. The molecule has 1 aromatic heterocycles. The molecule has 160 valence electrons. The van der Waals surface area contributed by atoms with Gasteiger partial charge in [-0.15, -0.1) is 11.3 Å². The van der Waals surface area contributed by atoms with E-state index in [1.807, 2.05) is 35.2 Å². The average Bonchev–Trinajstić information content (AvgIpc) is 3.52. The maximum atomic E-state index is 13.2. The highest BCUT2D eigenvalue weighted by molar-refractivity contribution is 7.10. The molecule has 0 saturated carbocycles. The lowest BCUT2D eigenvalue weighted by Gasteiger charge is -2.28. The second kappa shape index (κ2) is 9.12. The van der Waals surface area contributed by atoms with Crippen molar-refractivity contribution in [1.82, 2.24) is 10.2 Å². The van der Waals surface area contributed by atoms with Gasteiger partial charge in [0.1, 0.15) is 13.2 Å². The van der Waals surface area contributed by atoms with E-state index in [1.165, 1.54) is 10.4 Å². The molecule has 3 heterocycles. The zero-order chi connectivity index (χ0) is 21.0. The van der Waals surface area contributed by atoms with Crippen LogP contribution in [0.5, 0.6) is 11.5 Å². The van der Waals surface area contributed by atoms with Crippen LogP contribution >= 0.6 is 11.3 Å². The number of carbonyl (C=O) groups excluding carboxylic acids is 1. The van der Waals surface area contributed by atoms with Crippen molar-refractivity contribution in [3.8, 4) is 11.5 Å². The Balaban J connectivity index is 1.30. The molecule has 5 nitrogen and oxygen atoms in total. The van der Waals surface area contributed by atoms with Gasteiger partial charge >= 0.3 is 0 Å². The van der Waals surface area contributed by atoms with Crippen molar-refractivity contribution in [3.05, 3.63) is 82.0 Å². The second-order valence-electron chi connectivity index (χ2n) is 7.89. The molecular weight excluding hydrogens is 408 g/mol. The third kappa shape index (κ3) is 4.31. The van der Waals surface area contributed by atoms with Crippen LogP contribution in [0.2, 0.25) is 0 Å².